The smallest absolute Gasteiger partial charge is 0.410 e. The molecule has 1 unspecified atom stereocenters. The van der Waals surface area contributed by atoms with Gasteiger partial charge in [0, 0.05) is 25.6 Å². The second kappa shape index (κ2) is 7.34. The molecule has 2 fully saturated rings. The van der Waals surface area contributed by atoms with Crippen molar-refractivity contribution in [2.45, 2.75) is 64.9 Å². The van der Waals surface area contributed by atoms with Gasteiger partial charge in [-0.3, -0.25) is 4.79 Å². The number of likely N-dealkylation sites (tertiary alicyclic amines) is 1. The number of carbonyl (C=O) groups is 2. The topological polar surface area (TPSA) is 58.6 Å². The zero-order valence-electron chi connectivity index (χ0n) is 14.2. The number of nitrogens with one attached hydrogen (secondary N) is 1. The van der Waals surface area contributed by atoms with Crippen LogP contribution < -0.4 is 5.32 Å². The molecule has 1 aliphatic carbocycles. The first-order chi connectivity index (χ1) is 10.3. The zero-order valence-corrected chi connectivity index (χ0v) is 14.2. The van der Waals surface area contributed by atoms with E-state index in [4.69, 9.17) is 4.74 Å². The van der Waals surface area contributed by atoms with E-state index in [1.807, 2.05) is 20.8 Å². The van der Waals surface area contributed by atoms with Crippen molar-refractivity contribution in [2.75, 3.05) is 19.6 Å². The fourth-order valence-corrected chi connectivity index (χ4v) is 3.25. The number of hydrogen-bond acceptors (Lipinski definition) is 3. The fourth-order valence-electron chi connectivity index (χ4n) is 3.25. The number of carbonyl (C=O) groups excluding carboxylic acids is 2. The van der Waals surface area contributed by atoms with E-state index in [0.29, 0.717) is 19.0 Å². The number of hydrogen-bond donors (Lipinski definition) is 1. The maximum atomic E-state index is 12.1. The average molecular weight is 310 g/mol. The van der Waals surface area contributed by atoms with Crippen LogP contribution >= 0.6 is 0 Å². The first-order valence-electron chi connectivity index (χ1n) is 8.61. The van der Waals surface area contributed by atoms with Crippen LogP contribution in [0.1, 0.15) is 59.3 Å². The van der Waals surface area contributed by atoms with E-state index < -0.39 is 5.60 Å². The molecule has 1 saturated heterocycles. The van der Waals surface area contributed by atoms with Gasteiger partial charge in [0.25, 0.3) is 0 Å². The Morgan fingerprint density at radius 1 is 1.14 bits per heavy atom. The lowest BCUT2D eigenvalue weighted by molar-refractivity contribution is -0.126. The number of nitrogens with zero attached hydrogens (tertiary/aromatic N) is 1. The van der Waals surface area contributed by atoms with Gasteiger partial charge in [0.15, 0.2) is 0 Å². The van der Waals surface area contributed by atoms with Crippen LogP contribution in [0.25, 0.3) is 0 Å². The molecule has 0 aromatic rings. The van der Waals surface area contributed by atoms with Gasteiger partial charge in [-0.15, -0.1) is 0 Å². The molecule has 0 radical (unpaired) electrons. The lowest BCUT2D eigenvalue weighted by Gasteiger charge is -2.24. The van der Waals surface area contributed by atoms with Crippen LogP contribution in [0.3, 0.4) is 0 Å². The molecular weight excluding hydrogens is 280 g/mol. The van der Waals surface area contributed by atoms with Gasteiger partial charge in [-0.05, 0) is 46.0 Å². The van der Waals surface area contributed by atoms with Gasteiger partial charge < -0.3 is 15.0 Å². The Morgan fingerprint density at radius 2 is 1.82 bits per heavy atom. The first-order valence-corrected chi connectivity index (χ1v) is 8.61. The third-order valence-electron chi connectivity index (χ3n) is 4.48. The van der Waals surface area contributed by atoms with Crippen LogP contribution in [0.5, 0.6) is 0 Å². The summed E-state index contributed by atoms with van der Waals surface area (Å²) in [7, 11) is 0. The molecule has 5 heteroatoms. The monoisotopic (exact) mass is 310 g/mol. The van der Waals surface area contributed by atoms with Crippen molar-refractivity contribution in [3.8, 4) is 0 Å². The van der Waals surface area contributed by atoms with Crippen LogP contribution in [-0.2, 0) is 9.53 Å². The first kappa shape index (κ1) is 17.1. The normalized spacial score (nSPS) is 23.4. The Bertz CT molecular complexity index is 397. The van der Waals surface area contributed by atoms with Crippen molar-refractivity contribution in [1.29, 1.82) is 0 Å². The summed E-state index contributed by atoms with van der Waals surface area (Å²) in [5, 5.41) is 3.08. The Hall–Kier alpha value is -1.26. The average Bonchev–Trinajstić information content (AvgIpc) is 2.93. The molecule has 5 nitrogen and oxygen atoms in total. The van der Waals surface area contributed by atoms with E-state index in [2.05, 4.69) is 5.32 Å². The highest BCUT2D eigenvalue weighted by atomic mass is 16.6. The molecular formula is C17H30N2O3. The van der Waals surface area contributed by atoms with E-state index >= 15 is 0 Å². The molecule has 1 aliphatic heterocycles. The summed E-state index contributed by atoms with van der Waals surface area (Å²) in [4.78, 5) is 25.9. The van der Waals surface area contributed by atoms with E-state index in [1.165, 1.54) is 19.3 Å². The number of amides is 2. The lowest BCUT2D eigenvalue weighted by Crippen LogP contribution is -2.38. The molecule has 2 aliphatic rings. The maximum absolute atomic E-state index is 12.1. The number of ether oxygens (including phenoxy) is 1. The van der Waals surface area contributed by atoms with Gasteiger partial charge in [-0.2, -0.15) is 0 Å². The van der Waals surface area contributed by atoms with Crippen molar-refractivity contribution in [2.24, 2.45) is 11.8 Å². The minimum atomic E-state index is -0.454. The van der Waals surface area contributed by atoms with Gasteiger partial charge in [-0.1, -0.05) is 19.3 Å². The van der Waals surface area contributed by atoms with Crippen LogP contribution in [0.4, 0.5) is 4.79 Å². The summed E-state index contributed by atoms with van der Waals surface area (Å²) in [6.07, 6.45) is 6.36. The van der Waals surface area contributed by atoms with Crippen molar-refractivity contribution >= 4 is 12.0 Å². The van der Waals surface area contributed by atoms with Crippen molar-refractivity contribution in [3.05, 3.63) is 0 Å². The highest BCUT2D eigenvalue weighted by molar-refractivity contribution is 5.78. The van der Waals surface area contributed by atoms with Crippen LogP contribution in [0, 0.1) is 11.8 Å². The minimum absolute atomic E-state index is 0.204. The second-order valence-electron chi connectivity index (χ2n) is 7.66. The predicted octanol–water partition coefficient (Wildman–Crippen LogP) is 2.94. The van der Waals surface area contributed by atoms with Crippen molar-refractivity contribution in [3.63, 3.8) is 0 Å². The van der Waals surface area contributed by atoms with Crippen molar-refractivity contribution in [1.82, 2.24) is 10.2 Å². The molecule has 0 bridgehead atoms. The summed E-state index contributed by atoms with van der Waals surface area (Å²) >= 11 is 0. The van der Waals surface area contributed by atoms with Crippen LogP contribution in [0.15, 0.2) is 0 Å². The molecule has 0 aromatic heterocycles. The molecule has 1 saturated carbocycles. The summed E-state index contributed by atoms with van der Waals surface area (Å²) in [6.45, 7) is 7.71. The van der Waals surface area contributed by atoms with E-state index in [1.54, 1.807) is 4.90 Å². The van der Waals surface area contributed by atoms with E-state index in [0.717, 1.165) is 25.8 Å². The van der Waals surface area contributed by atoms with Gasteiger partial charge in [0.05, 0.1) is 0 Å². The predicted molar refractivity (Wildman–Crippen MR) is 85.5 cm³/mol. The molecule has 1 heterocycles. The standard InChI is InChI=1S/C17H30N2O3/c1-17(2,3)22-16(21)19-10-9-13(12-19)11-18-15(20)14-7-5-4-6-8-14/h13-14H,4-12H2,1-3H3,(H,18,20). The van der Waals surface area contributed by atoms with Crippen molar-refractivity contribution < 1.29 is 14.3 Å². The highest BCUT2D eigenvalue weighted by Gasteiger charge is 2.30. The second-order valence-corrected chi connectivity index (χ2v) is 7.66. The molecule has 2 amide bonds. The molecule has 0 aromatic carbocycles. The molecule has 1 N–H and O–H groups in total. The van der Waals surface area contributed by atoms with Gasteiger partial charge >= 0.3 is 6.09 Å². The third kappa shape index (κ3) is 5.18. The molecule has 1 atom stereocenters. The van der Waals surface area contributed by atoms with E-state index in [9.17, 15) is 9.59 Å². The fraction of sp³-hybridized carbons (Fsp3) is 0.882. The number of rotatable bonds is 3. The van der Waals surface area contributed by atoms with Gasteiger partial charge in [0.2, 0.25) is 5.91 Å². The molecule has 126 valence electrons. The van der Waals surface area contributed by atoms with Gasteiger partial charge in [-0.25, -0.2) is 4.79 Å². The quantitative estimate of drug-likeness (QED) is 0.872. The van der Waals surface area contributed by atoms with Gasteiger partial charge in [0.1, 0.15) is 5.60 Å². The Morgan fingerprint density at radius 3 is 2.45 bits per heavy atom. The summed E-state index contributed by atoms with van der Waals surface area (Å²) in [5.74, 6) is 0.757. The van der Waals surface area contributed by atoms with Crippen LogP contribution in [-0.4, -0.2) is 42.1 Å². The zero-order chi connectivity index (χ0) is 16.2. The lowest BCUT2D eigenvalue weighted by atomic mass is 9.88. The Labute approximate surface area is 133 Å². The maximum Gasteiger partial charge on any atom is 0.410 e. The SMILES string of the molecule is CC(C)(C)OC(=O)N1CCC(CNC(=O)C2CCCCC2)C1. The summed E-state index contributed by atoms with van der Waals surface area (Å²) in [5.41, 5.74) is -0.454. The minimum Gasteiger partial charge on any atom is -0.444 e. The highest BCUT2D eigenvalue weighted by Crippen LogP contribution is 2.24. The third-order valence-corrected chi connectivity index (χ3v) is 4.48. The molecule has 0 spiro atoms. The molecule has 2 rings (SSSR count). The van der Waals surface area contributed by atoms with E-state index in [-0.39, 0.29) is 17.9 Å². The Kier molecular flexibility index (Phi) is 5.70. The molecule has 22 heavy (non-hydrogen) atoms. The van der Waals surface area contributed by atoms with Crippen LogP contribution in [0.2, 0.25) is 0 Å². The Balaban J connectivity index is 1.70. The summed E-state index contributed by atoms with van der Waals surface area (Å²) < 4.78 is 5.39. The largest absolute Gasteiger partial charge is 0.444 e. The summed E-state index contributed by atoms with van der Waals surface area (Å²) in [6, 6.07) is 0.